The second-order valence-electron chi connectivity index (χ2n) is 7.98. The summed E-state index contributed by atoms with van der Waals surface area (Å²) in [6.07, 6.45) is 1.91. The number of hydrogen-bond donors (Lipinski definition) is 0. The van der Waals surface area contributed by atoms with Crippen molar-refractivity contribution in [1.29, 1.82) is 0 Å². The van der Waals surface area contributed by atoms with Crippen molar-refractivity contribution in [3.63, 3.8) is 0 Å². The maximum Gasteiger partial charge on any atom is 0.335 e. The number of rotatable bonds is 11. The summed E-state index contributed by atoms with van der Waals surface area (Å²) in [6.45, 7) is 6.94. The molecule has 0 N–H and O–H groups in total. The molecule has 35 heavy (non-hydrogen) atoms. The molecule has 184 valence electrons. The minimum atomic E-state index is -0.598. The zero-order valence-corrected chi connectivity index (χ0v) is 21.7. The van der Waals surface area contributed by atoms with Crippen molar-refractivity contribution in [2.75, 3.05) is 19.8 Å². The van der Waals surface area contributed by atoms with E-state index in [1.54, 1.807) is 13.0 Å². The average molecular weight is 513 g/mol. The average Bonchev–Trinajstić information content (AvgIpc) is 2.84. The number of allylic oxidation sites excluding steroid dienone is 1. The number of carbonyl (C=O) groups is 1. The van der Waals surface area contributed by atoms with E-state index >= 15 is 0 Å². The van der Waals surface area contributed by atoms with Crippen molar-refractivity contribution in [1.82, 2.24) is 0 Å². The molecule has 0 bridgehead atoms. The van der Waals surface area contributed by atoms with Crippen molar-refractivity contribution < 1.29 is 19.0 Å². The van der Waals surface area contributed by atoms with Crippen LogP contribution >= 0.6 is 23.2 Å². The fraction of sp³-hybridized carbons (Fsp3) is 0.276. The summed E-state index contributed by atoms with van der Waals surface area (Å²) >= 11 is 12.3. The molecular formula is C29H30Cl2O4. The number of halogens is 2. The fourth-order valence-electron chi connectivity index (χ4n) is 3.61. The molecule has 3 aromatic rings. The van der Waals surface area contributed by atoms with Crippen LogP contribution in [0.2, 0.25) is 10.0 Å². The Morgan fingerprint density at radius 3 is 2.14 bits per heavy atom. The lowest BCUT2D eigenvalue weighted by atomic mass is 10.0. The van der Waals surface area contributed by atoms with Crippen LogP contribution in [0.5, 0.6) is 5.75 Å². The van der Waals surface area contributed by atoms with E-state index in [1.165, 1.54) is 0 Å². The lowest BCUT2D eigenvalue weighted by Crippen LogP contribution is -2.28. The van der Waals surface area contributed by atoms with Gasteiger partial charge in [-0.25, -0.2) is 4.79 Å². The van der Waals surface area contributed by atoms with Gasteiger partial charge in [-0.15, -0.1) is 0 Å². The minimum absolute atomic E-state index is 0.334. The molecule has 0 spiro atoms. The third kappa shape index (κ3) is 8.14. The minimum Gasteiger partial charge on any atom is -0.490 e. The maximum absolute atomic E-state index is 12.1. The van der Waals surface area contributed by atoms with Crippen molar-refractivity contribution in [3.8, 4) is 16.9 Å². The lowest BCUT2D eigenvalue weighted by Gasteiger charge is -2.15. The normalized spacial score (nSPS) is 12.3. The molecule has 0 saturated heterocycles. The van der Waals surface area contributed by atoms with E-state index in [-0.39, 0.29) is 5.97 Å². The topological polar surface area (TPSA) is 44.8 Å². The van der Waals surface area contributed by atoms with Crippen LogP contribution < -0.4 is 4.74 Å². The molecule has 3 rings (SSSR count). The van der Waals surface area contributed by atoms with Crippen LogP contribution in [-0.2, 0) is 20.7 Å². The maximum atomic E-state index is 12.1. The Balaban J connectivity index is 1.56. The van der Waals surface area contributed by atoms with Gasteiger partial charge in [0.1, 0.15) is 12.4 Å². The summed E-state index contributed by atoms with van der Waals surface area (Å²) in [7, 11) is 0. The van der Waals surface area contributed by atoms with Gasteiger partial charge in [0.2, 0.25) is 0 Å². The van der Waals surface area contributed by atoms with E-state index < -0.39 is 6.10 Å². The van der Waals surface area contributed by atoms with Crippen LogP contribution in [0.1, 0.15) is 31.9 Å². The predicted octanol–water partition coefficient (Wildman–Crippen LogP) is 7.65. The fourth-order valence-corrected chi connectivity index (χ4v) is 4.14. The van der Waals surface area contributed by atoms with Gasteiger partial charge < -0.3 is 14.2 Å². The number of ether oxygens (including phenoxy) is 3. The molecule has 0 unspecified atom stereocenters. The molecule has 0 amide bonds. The van der Waals surface area contributed by atoms with Crippen molar-refractivity contribution in [3.05, 3.63) is 94.0 Å². The van der Waals surface area contributed by atoms with Crippen LogP contribution in [0.15, 0.2) is 72.8 Å². The van der Waals surface area contributed by atoms with Crippen LogP contribution in [0.25, 0.3) is 16.7 Å². The van der Waals surface area contributed by atoms with Gasteiger partial charge in [0.25, 0.3) is 0 Å². The smallest absolute Gasteiger partial charge is 0.335 e. The van der Waals surface area contributed by atoms with E-state index in [9.17, 15) is 4.79 Å². The Labute approximate surface area is 217 Å². The highest BCUT2D eigenvalue weighted by Crippen LogP contribution is 2.28. The van der Waals surface area contributed by atoms with Gasteiger partial charge >= 0.3 is 5.97 Å². The van der Waals surface area contributed by atoms with Gasteiger partial charge in [-0.1, -0.05) is 59.6 Å². The Bertz CT molecular complexity index is 1120. The van der Waals surface area contributed by atoms with E-state index in [4.69, 9.17) is 37.4 Å². The van der Waals surface area contributed by atoms with Gasteiger partial charge in [0.15, 0.2) is 6.10 Å². The van der Waals surface area contributed by atoms with Crippen LogP contribution in [0.4, 0.5) is 0 Å². The Hall–Kier alpha value is -2.79. The van der Waals surface area contributed by atoms with Crippen LogP contribution in [0.3, 0.4) is 0 Å². The Morgan fingerprint density at radius 2 is 1.54 bits per heavy atom. The molecule has 4 nitrogen and oxygen atoms in total. The largest absolute Gasteiger partial charge is 0.490 e. The molecule has 0 aliphatic rings. The number of hydrogen-bond acceptors (Lipinski definition) is 4. The van der Waals surface area contributed by atoms with Crippen molar-refractivity contribution in [2.45, 2.75) is 33.3 Å². The van der Waals surface area contributed by atoms with Gasteiger partial charge in [0, 0.05) is 23.1 Å². The second-order valence-corrected chi connectivity index (χ2v) is 8.85. The summed E-state index contributed by atoms with van der Waals surface area (Å²) in [6, 6.07) is 21.5. The van der Waals surface area contributed by atoms with Crippen molar-refractivity contribution in [2.24, 2.45) is 0 Å². The van der Waals surface area contributed by atoms with Crippen molar-refractivity contribution >= 4 is 34.7 Å². The molecule has 0 aliphatic carbocycles. The monoisotopic (exact) mass is 512 g/mol. The highest BCUT2D eigenvalue weighted by Gasteiger charge is 2.20. The number of esters is 1. The summed E-state index contributed by atoms with van der Waals surface area (Å²) in [4.78, 5) is 12.1. The molecule has 0 radical (unpaired) electrons. The number of carbonyl (C=O) groups excluding carboxylic acids is 1. The molecule has 0 aliphatic heterocycles. The Kier molecular flexibility index (Phi) is 10.2. The molecule has 0 aromatic heterocycles. The first-order chi connectivity index (χ1) is 16.9. The molecular weight excluding hydrogens is 483 g/mol. The first-order valence-corrected chi connectivity index (χ1v) is 12.4. The third-order valence-electron chi connectivity index (χ3n) is 5.44. The standard InChI is InChI=1S/C29H30Cl2O4/c1-4-33-28(29(32)34-5-2)16-21-6-12-27(13-7-21)35-15-14-20(3)22-8-10-23(11-9-22)24-17-25(30)19-26(31)18-24/h6-14,17-19,28H,4-5,15-16H2,1-3H3/t28-/m0/s1. The Morgan fingerprint density at radius 1 is 0.886 bits per heavy atom. The first kappa shape index (κ1) is 26.8. The summed E-state index contributed by atoms with van der Waals surface area (Å²) in [5.41, 5.74) is 5.25. The molecule has 1 atom stereocenters. The van der Waals surface area contributed by atoms with E-state index in [0.717, 1.165) is 33.6 Å². The molecule has 6 heteroatoms. The zero-order valence-electron chi connectivity index (χ0n) is 20.2. The first-order valence-electron chi connectivity index (χ1n) is 11.6. The highest BCUT2D eigenvalue weighted by atomic mass is 35.5. The molecule has 3 aromatic carbocycles. The lowest BCUT2D eigenvalue weighted by molar-refractivity contribution is -0.156. The number of benzene rings is 3. The molecule has 0 fully saturated rings. The molecule has 0 heterocycles. The van der Waals surface area contributed by atoms with Gasteiger partial charge in [-0.05, 0) is 85.0 Å². The summed E-state index contributed by atoms with van der Waals surface area (Å²) in [5.74, 6) is 0.426. The highest BCUT2D eigenvalue weighted by molar-refractivity contribution is 6.35. The van der Waals surface area contributed by atoms with E-state index in [1.807, 2.05) is 49.4 Å². The van der Waals surface area contributed by atoms with E-state index in [2.05, 4.69) is 31.2 Å². The predicted molar refractivity (Wildman–Crippen MR) is 143 cm³/mol. The van der Waals surface area contributed by atoms with Crippen LogP contribution in [-0.4, -0.2) is 31.9 Å². The SMILES string of the molecule is CCOC(=O)[C@H](Cc1ccc(OCC=C(C)c2ccc(-c3cc(Cl)cc(Cl)c3)cc2)cc1)OCC. The van der Waals surface area contributed by atoms with Gasteiger partial charge in [-0.3, -0.25) is 0 Å². The quantitative estimate of drug-likeness (QED) is 0.247. The van der Waals surface area contributed by atoms with E-state index in [0.29, 0.717) is 36.3 Å². The van der Waals surface area contributed by atoms with Gasteiger partial charge in [0.05, 0.1) is 6.61 Å². The zero-order chi connectivity index (χ0) is 25.2. The third-order valence-corrected chi connectivity index (χ3v) is 5.87. The second kappa shape index (κ2) is 13.3. The summed E-state index contributed by atoms with van der Waals surface area (Å²) < 4.78 is 16.5. The van der Waals surface area contributed by atoms with Gasteiger partial charge in [-0.2, -0.15) is 0 Å². The molecule has 0 saturated carbocycles. The summed E-state index contributed by atoms with van der Waals surface area (Å²) in [5, 5.41) is 1.23. The van der Waals surface area contributed by atoms with Crippen LogP contribution in [0, 0.1) is 0 Å².